The van der Waals surface area contributed by atoms with E-state index in [0.29, 0.717) is 55.5 Å². The smallest absolute Gasteiger partial charge is 0.274 e. The van der Waals surface area contributed by atoms with Crippen molar-refractivity contribution in [2.45, 2.75) is 20.4 Å². The van der Waals surface area contributed by atoms with Gasteiger partial charge in [-0.25, -0.2) is 15.0 Å². The standard InChI is InChI=1S/C25H25N7O4/c1-3-32-15-18-19(30-32)10-17(24(33)29-22-5-4-16(2)12-27-22)11-21(18)36-23-14-26-20(13-28-23)25(34)31-6-8-35-9-7-31/h4-5,10-15H,3,6-9H2,1-2H3,(H,27,29,33). The van der Waals surface area contributed by atoms with E-state index in [0.717, 1.165) is 10.9 Å². The monoisotopic (exact) mass is 487 g/mol. The molecule has 1 N–H and O–H groups in total. The second-order valence-corrected chi connectivity index (χ2v) is 8.31. The molecule has 2 amide bonds. The highest BCUT2D eigenvalue weighted by atomic mass is 16.5. The van der Waals surface area contributed by atoms with Crippen LogP contribution in [-0.4, -0.2) is 67.7 Å². The van der Waals surface area contributed by atoms with E-state index >= 15 is 0 Å². The number of pyridine rings is 1. The number of nitrogens with one attached hydrogen (secondary N) is 1. The van der Waals surface area contributed by atoms with Crippen LogP contribution in [0.2, 0.25) is 0 Å². The third-order valence-corrected chi connectivity index (χ3v) is 5.73. The van der Waals surface area contributed by atoms with Gasteiger partial charge in [-0.3, -0.25) is 14.3 Å². The molecule has 1 saturated heterocycles. The zero-order valence-corrected chi connectivity index (χ0v) is 20.0. The van der Waals surface area contributed by atoms with E-state index in [1.165, 1.54) is 12.4 Å². The third kappa shape index (κ3) is 5.01. The van der Waals surface area contributed by atoms with Gasteiger partial charge in [0.2, 0.25) is 5.88 Å². The number of rotatable bonds is 6. The van der Waals surface area contributed by atoms with Gasteiger partial charge >= 0.3 is 0 Å². The number of morpholine rings is 1. The Labute approximate surface area is 207 Å². The largest absolute Gasteiger partial charge is 0.437 e. The number of carbonyl (C=O) groups excluding carboxylic acids is 2. The lowest BCUT2D eigenvalue weighted by Gasteiger charge is -2.26. The maximum atomic E-state index is 13.0. The van der Waals surface area contributed by atoms with Crippen LogP contribution in [0.1, 0.15) is 33.3 Å². The molecule has 5 rings (SSSR count). The highest BCUT2D eigenvalue weighted by Crippen LogP contribution is 2.31. The van der Waals surface area contributed by atoms with Crippen molar-refractivity contribution < 1.29 is 19.1 Å². The van der Waals surface area contributed by atoms with Gasteiger partial charge in [0, 0.05) is 37.6 Å². The van der Waals surface area contributed by atoms with Crippen LogP contribution in [0, 0.1) is 6.92 Å². The summed E-state index contributed by atoms with van der Waals surface area (Å²) in [6, 6.07) is 6.94. The predicted molar refractivity (Wildman–Crippen MR) is 131 cm³/mol. The number of aryl methyl sites for hydroxylation is 2. The lowest BCUT2D eigenvalue weighted by molar-refractivity contribution is 0.0298. The number of ether oxygens (including phenoxy) is 2. The number of nitrogens with zero attached hydrogens (tertiary/aromatic N) is 6. The van der Waals surface area contributed by atoms with Gasteiger partial charge in [-0.05, 0) is 37.6 Å². The summed E-state index contributed by atoms with van der Waals surface area (Å²) < 4.78 is 13.1. The second kappa shape index (κ2) is 10.1. The average Bonchev–Trinajstić information content (AvgIpc) is 3.34. The first kappa shape index (κ1) is 23.4. The summed E-state index contributed by atoms with van der Waals surface area (Å²) in [6.45, 7) is 6.60. The third-order valence-electron chi connectivity index (χ3n) is 5.73. The molecule has 0 radical (unpaired) electrons. The summed E-state index contributed by atoms with van der Waals surface area (Å²) in [4.78, 5) is 40.0. The maximum Gasteiger partial charge on any atom is 0.274 e. The molecular weight excluding hydrogens is 462 g/mol. The fraction of sp³-hybridized carbons (Fsp3) is 0.280. The van der Waals surface area contributed by atoms with Crippen molar-refractivity contribution in [2.75, 3.05) is 31.6 Å². The Hall–Kier alpha value is -4.38. The van der Waals surface area contributed by atoms with Gasteiger partial charge < -0.3 is 19.7 Å². The number of aromatic nitrogens is 5. The highest BCUT2D eigenvalue weighted by Gasteiger charge is 2.21. The Morgan fingerprint density at radius 2 is 1.92 bits per heavy atom. The van der Waals surface area contributed by atoms with Crippen LogP contribution in [0.4, 0.5) is 5.82 Å². The molecule has 1 aromatic carbocycles. The summed E-state index contributed by atoms with van der Waals surface area (Å²) in [6.07, 6.45) is 6.31. The van der Waals surface area contributed by atoms with Crippen LogP contribution in [-0.2, 0) is 11.3 Å². The van der Waals surface area contributed by atoms with Crippen molar-refractivity contribution in [1.29, 1.82) is 0 Å². The summed E-state index contributed by atoms with van der Waals surface area (Å²) in [5, 5.41) is 8.04. The fourth-order valence-corrected chi connectivity index (χ4v) is 3.77. The second-order valence-electron chi connectivity index (χ2n) is 8.31. The van der Waals surface area contributed by atoms with Crippen LogP contribution in [0.15, 0.2) is 49.1 Å². The number of carbonyl (C=O) groups is 2. The van der Waals surface area contributed by atoms with E-state index in [4.69, 9.17) is 9.47 Å². The molecule has 0 atom stereocenters. The van der Waals surface area contributed by atoms with E-state index in [-0.39, 0.29) is 23.4 Å². The van der Waals surface area contributed by atoms with Crippen LogP contribution in [0.25, 0.3) is 10.9 Å². The molecule has 4 aromatic rings. The fourth-order valence-electron chi connectivity index (χ4n) is 3.77. The molecule has 1 fully saturated rings. The normalized spacial score (nSPS) is 13.6. The van der Waals surface area contributed by atoms with Crippen molar-refractivity contribution in [3.63, 3.8) is 0 Å². The number of anilines is 1. The Kier molecular flexibility index (Phi) is 6.54. The zero-order valence-electron chi connectivity index (χ0n) is 20.0. The van der Waals surface area contributed by atoms with Gasteiger partial charge in [-0.1, -0.05) is 6.07 Å². The van der Waals surface area contributed by atoms with E-state index in [1.54, 1.807) is 34.0 Å². The van der Waals surface area contributed by atoms with Gasteiger partial charge in [0.1, 0.15) is 17.3 Å². The molecule has 0 aliphatic carbocycles. The molecule has 36 heavy (non-hydrogen) atoms. The molecule has 184 valence electrons. The van der Waals surface area contributed by atoms with Gasteiger partial charge in [0.25, 0.3) is 11.8 Å². The number of hydrogen-bond donors (Lipinski definition) is 1. The summed E-state index contributed by atoms with van der Waals surface area (Å²) in [5.74, 6) is 0.486. The molecule has 0 bridgehead atoms. The molecule has 0 unspecified atom stereocenters. The quantitative estimate of drug-likeness (QED) is 0.440. The van der Waals surface area contributed by atoms with Crippen LogP contribution in [0.5, 0.6) is 11.6 Å². The van der Waals surface area contributed by atoms with Crippen molar-refractivity contribution in [3.8, 4) is 11.6 Å². The Bertz CT molecular complexity index is 1390. The zero-order chi connectivity index (χ0) is 25.1. The van der Waals surface area contributed by atoms with Crippen molar-refractivity contribution >= 4 is 28.5 Å². The van der Waals surface area contributed by atoms with E-state index < -0.39 is 0 Å². The number of benzene rings is 1. The van der Waals surface area contributed by atoms with Gasteiger partial charge in [-0.15, -0.1) is 0 Å². The molecule has 1 aliphatic rings. The van der Waals surface area contributed by atoms with Gasteiger partial charge in [-0.2, -0.15) is 5.10 Å². The lowest BCUT2D eigenvalue weighted by atomic mass is 10.1. The number of fused-ring (bicyclic) bond motifs is 1. The number of amides is 2. The van der Waals surface area contributed by atoms with Gasteiger partial charge in [0.05, 0.1) is 36.5 Å². The van der Waals surface area contributed by atoms with Crippen molar-refractivity contribution in [2.24, 2.45) is 0 Å². The minimum absolute atomic E-state index is 0.192. The first-order chi connectivity index (χ1) is 17.5. The topological polar surface area (TPSA) is 124 Å². The lowest BCUT2D eigenvalue weighted by Crippen LogP contribution is -2.41. The van der Waals surface area contributed by atoms with E-state index in [2.05, 4.69) is 25.4 Å². The molecular formula is C25H25N7O4. The minimum atomic E-state index is -0.346. The van der Waals surface area contributed by atoms with Crippen LogP contribution >= 0.6 is 0 Å². The SMILES string of the molecule is CCn1cc2c(Oc3cnc(C(=O)N4CCOCC4)cn3)cc(C(=O)Nc3ccc(C)cn3)cc2n1. The highest BCUT2D eigenvalue weighted by molar-refractivity contribution is 6.06. The molecule has 11 nitrogen and oxygen atoms in total. The molecule has 0 saturated carbocycles. The van der Waals surface area contributed by atoms with E-state index in [1.807, 2.05) is 26.1 Å². The summed E-state index contributed by atoms with van der Waals surface area (Å²) in [7, 11) is 0. The van der Waals surface area contributed by atoms with Crippen LogP contribution in [0.3, 0.4) is 0 Å². The Balaban J connectivity index is 1.40. The average molecular weight is 488 g/mol. The summed E-state index contributed by atoms with van der Waals surface area (Å²) >= 11 is 0. The first-order valence-corrected chi connectivity index (χ1v) is 11.6. The Morgan fingerprint density at radius 1 is 1.08 bits per heavy atom. The maximum absolute atomic E-state index is 13.0. The van der Waals surface area contributed by atoms with E-state index in [9.17, 15) is 9.59 Å². The molecule has 4 heterocycles. The molecule has 0 spiro atoms. The molecule has 3 aromatic heterocycles. The van der Waals surface area contributed by atoms with Crippen molar-refractivity contribution in [1.82, 2.24) is 29.6 Å². The van der Waals surface area contributed by atoms with Crippen molar-refractivity contribution in [3.05, 3.63) is 65.9 Å². The number of hydrogen-bond acceptors (Lipinski definition) is 8. The first-order valence-electron chi connectivity index (χ1n) is 11.6. The minimum Gasteiger partial charge on any atom is -0.437 e. The molecule has 1 aliphatic heterocycles. The van der Waals surface area contributed by atoms with Crippen LogP contribution < -0.4 is 10.1 Å². The summed E-state index contributed by atoms with van der Waals surface area (Å²) in [5.41, 5.74) is 2.18. The predicted octanol–water partition coefficient (Wildman–Crippen LogP) is 3.07. The molecule has 11 heteroatoms. The Morgan fingerprint density at radius 3 is 2.61 bits per heavy atom. The van der Waals surface area contributed by atoms with Gasteiger partial charge in [0.15, 0.2) is 0 Å².